The molecule has 0 N–H and O–H groups in total. The van der Waals surface area contributed by atoms with E-state index in [1.807, 2.05) is 87.5 Å². The lowest BCUT2D eigenvalue weighted by Gasteiger charge is -2.07. The van der Waals surface area contributed by atoms with E-state index in [-0.39, 0.29) is 5.82 Å². The molecule has 0 radical (unpaired) electrons. The summed E-state index contributed by atoms with van der Waals surface area (Å²) in [6, 6.07) is 23.2. The van der Waals surface area contributed by atoms with Crippen LogP contribution in [0.1, 0.15) is 19.4 Å². The van der Waals surface area contributed by atoms with Gasteiger partial charge < -0.3 is 0 Å². The molecule has 0 amide bonds. The minimum absolute atomic E-state index is 0.185. The molecule has 0 aliphatic heterocycles. The van der Waals surface area contributed by atoms with Gasteiger partial charge in [-0.2, -0.15) is 0 Å². The van der Waals surface area contributed by atoms with E-state index in [0.717, 1.165) is 16.7 Å². The van der Waals surface area contributed by atoms with Crippen LogP contribution >= 0.6 is 0 Å². The van der Waals surface area contributed by atoms with E-state index in [4.69, 9.17) is 0 Å². The average Bonchev–Trinajstić information content (AvgIpc) is 2.58. The zero-order valence-corrected chi connectivity index (χ0v) is 13.3. The summed E-state index contributed by atoms with van der Waals surface area (Å²) in [6.07, 6.45) is 0. The van der Waals surface area contributed by atoms with Crippen molar-refractivity contribution in [3.05, 3.63) is 84.2 Å². The molecule has 3 aromatic carbocycles. The number of hydrogen-bond donors (Lipinski definition) is 0. The third-order valence-corrected chi connectivity index (χ3v) is 3.44. The van der Waals surface area contributed by atoms with Gasteiger partial charge in [0.2, 0.25) is 0 Å². The monoisotopic (exact) mass is 292 g/mol. The van der Waals surface area contributed by atoms with Crippen molar-refractivity contribution in [3.8, 4) is 22.3 Å². The molecule has 0 aliphatic carbocycles. The van der Waals surface area contributed by atoms with Crippen LogP contribution in [0, 0.1) is 12.7 Å². The normalized spacial score (nSPS) is 9.82. The fourth-order valence-electron chi connectivity index (χ4n) is 2.29. The van der Waals surface area contributed by atoms with Gasteiger partial charge in [0, 0.05) is 5.56 Å². The van der Waals surface area contributed by atoms with E-state index in [1.54, 1.807) is 6.07 Å². The molecule has 3 aromatic rings. The summed E-state index contributed by atoms with van der Waals surface area (Å²) in [5, 5.41) is 0. The van der Waals surface area contributed by atoms with Gasteiger partial charge in [-0.15, -0.1) is 0 Å². The maximum absolute atomic E-state index is 14.3. The van der Waals surface area contributed by atoms with Crippen LogP contribution in [0.4, 0.5) is 4.39 Å². The molecule has 0 saturated heterocycles. The molecule has 0 aliphatic rings. The first-order valence-electron chi connectivity index (χ1n) is 7.66. The molecule has 0 nitrogen and oxygen atoms in total. The minimum Gasteiger partial charge on any atom is -0.206 e. The van der Waals surface area contributed by atoms with Crippen LogP contribution in [-0.4, -0.2) is 0 Å². The van der Waals surface area contributed by atoms with Crippen LogP contribution in [-0.2, 0) is 0 Å². The van der Waals surface area contributed by atoms with E-state index in [0.29, 0.717) is 5.56 Å². The standard InChI is InChI=1S/C19H15F.C2H6/c1-14-7-9-16(10-8-14)18-12-11-17(13-19(18)20)15-5-3-2-4-6-15;1-2/h2-13H,1H3;1-2H3. The highest BCUT2D eigenvalue weighted by Crippen LogP contribution is 2.28. The Kier molecular flexibility index (Phi) is 5.48. The van der Waals surface area contributed by atoms with E-state index in [2.05, 4.69) is 0 Å². The van der Waals surface area contributed by atoms with Crippen molar-refractivity contribution >= 4 is 0 Å². The highest BCUT2D eigenvalue weighted by molar-refractivity contribution is 5.71. The van der Waals surface area contributed by atoms with Crippen molar-refractivity contribution in [1.29, 1.82) is 0 Å². The van der Waals surface area contributed by atoms with Crippen LogP contribution in [0.2, 0.25) is 0 Å². The summed E-state index contributed by atoms with van der Waals surface area (Å²) < 4.78 is 14.3. The van der Waals surface area contributed by atoms with Gasteiger partial charge in [0.25, 0.3) is 0 Å². The molecular formula is C21H21F. The first-order valence-corrected chi connectivity index (χ1v) is 7.66. The molecule has 0 bridgehead atoms. The summed E-state index contributed by atoms with van der Waals surface area (Å²) in [4.78, 5) is 0. The smallest absolute Gasteiger partial charge is 0.131 e. The molecule has 1 heteroatoms. The Labute approximate surface area is 132 Å². The second kappa shape index (κ2) is 7.56. The molecule has 0 fully saturated rings. The van der Waals surface area contributed by atoms with Gasteiger partial charge in [-0.3, -0.25) is 0 Å². The Hall–Kier alpha value is -2.41. The Morgan fingerprint density at radius 1 is 0.636 bits per heavy atom. The van der Waals surface area contributed by atoms with Gasteiger partial charge in [0.05, 0.1) is 0 Å². The predicted octanol–water partition coefficient (Wildman–Crippen LogP) is 6.49. The molecule has 112 valence electrons. The molecule has 0 unspecified atom stereocenters. The second-order valence-electron chi connectivity index (χ2n) is 4.93. The van der Waals surface area contributed by atoms with Crippen LogP contribution in [0.15, 0.2) is 72.8 Å². The fraction of sp³-hybridized carbons (Fsp3) is 0.143. The van der Waals surface area contributed by atoms with E-state index in [1.165, 1.54) is 5.56 Å². The Morgan fingerprint density at radius 3 is 1.82 bits per heavy atom. The third kappa shape index (κ3) is 3.62. The number of hydrogen-bond acceptors (Lipinski definition) is 0. The number of halogens is 1. The molecule has 0 aromatic heterocycles. The van der Waals surface area contributed by atoms with Gasteiger partial charge in [-0.25, -0.2) is 4.39 Å². The molecular weight excluding hydrogens is 271 g/mol. The van der Waals surface area contributed by atoms with Crippen LogP contribution in [0.3, 0.4) is 0 Å². The van der Waals surface area contributed by atoms with Crippen molar-refractivity contribution in [3.63, 3.8) is 0 Å². The van der Waals surface area contributed by atoms with Crippen molar-refractivity contribution in [1.82, 2.24) is 0 Å². The molecule has 3 rings (SSSR count). The lowest BCUT2D eigenvalue weighted by atomic mass is 9.99. The van der Waals surface area contributed by atoms with Gasteiger partial charge >= 0.3 is 0 Å². The van der Waals surface area contributed by atoms with Crippen molar-refractivity contribution < 1.29 is 4.39 Å². The van der Waals surface area contributed by atoms with Crippen molar-refractivity contribution in [2.24, 2.45) is 0 Å². The second-order valence-corrected chi connectivity index (χ2v) is 4.93. The van der Waals surface area contributed by atoms with Crippen LogP contribution in [0.5, 0.6) is 0 Å². The Bertz CT molecular complexity index is 713. The molecule has 0 atom stereocenters. The number of rotatable bonds is 2. The topological polar surface area (TPSA) is 0 Å². The fourth-order valence-corrected chi connectivity index (χ4v) is 2.29. The molecule has 0 saturated carbocycles. The summed E-state index contributed by atoms with van der Waals surface area (Å²) in [6.45, 7) is 6.03. The van der Waals surface area contributed by atoms with Crippen molar-refractivity contribution in [2.45, 2.75) is 20.8 Å². The van der Waals surface area contributed by atoms with Gasteiger partial charge in [-0.1, -0.05) is 86.1 Å². The van der Waals surface area contributed by atoms with Crippen LogP contribution in [0.25, 0.3) is 22.3 Å². The number of aryl methyl sites for hydroxylation is 1. The maximum Gasteiger partial charge on any atom is 0.131 e. The third-order valence-electron chi connectivity index (χ3n) is 3.44. The van der Waals surface area contributed by atoms with E-state index < -0.39 is 0 Å². The zero-order chi connectivity index (χ0) is 15.9. The van der Waals surface area contributed by atoms with Crippen molar-refractivity contribution in [2.75, 3.05) is 0 Å². The predicted molar refractivity (Wildman–Crippen MR) is 93.4 cm³/mol. The lowest BCUT2D eigenvalue weighted by molar-refractivity contribution is 0.632. The van der Waals surface area contributed by atoms with Gasteiger partial charge in [-0.05, 0) is 29.7 Å². The number of benzene rings is 3. The quantitative estimate of drug-likeness (QED) is 0.506. The first-order chi connectivity index (χ1) is 10.7. The molecule has 22 heavy (non-hydrogen) atoms. The highest BCUT2D eigenvalue weighted by Gasteiger charge is 2.07. The SMILES string of the molecule is CC.Cc1ccc(-c2ccc(-c3ccccc3)cc2F)cc1. The summed E-state index contributed by atoms with van der Waals surface area (Å²) in [5.74, 6) is -0.185. The average molecular weight is 292 g/mol. The largest absolute Gasteiger partial charge is 0.206 e. The Morgan fingerprint density at radius 2 is 1.23 bits per heavy atom. The van der Waals surface area contributed by atoms with E-state index in [9.17, 15) is 4.39 Å². The van der Waals surface area contributed by atoms with Gasteiger partial charge in [0.1, 0.15) is 5.82 Å². The molecule has 0 heterocycles. The highest BCUT2D eigenvalue weighted by atomic mass is 19.1. The van der Waals surface area contributed by atoms with E-state index >= 15 is 0 Å². The van der Waals surface area contributed by atoms with Crippen LogP contribution < -0.4 is 0 Å². The Balaban J connectivity index is 0.000000847. The summed E-state index contributed by atoms with van der Waals surface area (Å²) in [5.41, 5.74) is 4.66. The maximum atomic E-state index is 14.3. The zero-order valence-electron chi connectivity index (χ0n) is 13.3. The van der Waals surface area contributed by atoms with Gasteiger partial charge in [0.15, 0.2) is 0 Å². The first kappa shape index (κ1) is 16.0. The minimum atomic E-state index is -0.185. The molecule has 0 spiro atoms. The lowest BCUT2D eigenvalue weighted by Crippen LogP contribution is -1.86. The summed E-state index contributed by atoms with van der Waals surface area (Å²) in [7, 11) is 0. The summed E-state index contributed by atoms with van der Waals surface area (Å²) >= 11 is 0.